The number of thiazole rings is 1. The standard InChI is InChI=1S/C26H16Cl3N3O4S/c27-17-12-11-16(13-18(17)28)31-24(33)19-20(32(36-21(19)25(31)34)15-9-5-2-6-10-15)22-23(29)30(26(35)37-22)14-7-3-1-4-8-14/h1-13,19-21H/t19-,20-,21-/m1/s1. The molecular formula is C26H16Cl3N3O4S. The molecule has 2 saturated heterocycles. The first-order valence-corrected chi connectivity index (χ1v) is 13.1. The summed E-state index contributed by atoms with van der Waals surface area (Å²) in [5.41, 5.74) is 1.49. The van der Waals surface area contributed by atoms with Gasteiger partial charge in [0.25, 0.3) is 5.91 Å². The van der Waals surface area contributed by atoms with Crippen LogP contribution in [0.3, 0.4) is 0 Å². The quantitative estimate of drug-likeness (QED) is 0.284. The molecule has 2 fully saturated rings. The van der Waals surface area contributed by atoms with Crippen molar-refractivity contribution in [3.8, 4) is 5.69 Å². The molecule has 0 saturated carbocycles. The predicted octanol–water partition coefficient (Wildman–Crippen LogP) is 5.91. The lowest BCUT2D eigenvalue weighted by Crippen LogP contribution is -2.37. The smallest absolute Gasteiger partial charge is 0.273 e. The fourth-order valence-corrected chi connectivity index (χ4v) is 6.47. The van der Waals surface area contributed by atoms with E-state index in [1.807, 2.05) is 24.3 Å². The summed E-state index contributed by atoms with van der Waals surface area (Å²) in [6.07, 6.45) is -1.12. The van der Waals surface area contributed by atoms with E-state index in [1.54, 1.807) is 42.5 Å². The minimum absolute atomic E-state index is 0.157. The predicted molar refractivity (Wildman–Crippen MR) is 144 cm³/mol. The van der Waals surface area contributed by atoms with E-state index in [9.17, 15) is 14.4 Å². The summed E-state index contributed by atoms with van der Waals surface area (Å²) in [5.74, 6) is -1.98. The lowest BCUT2D eigenvalue weighted by atomic mass is 9.95. The fraction of sp³-hybridized carbons (Fsp3) is 0.115. The van der Waals surface area contributed by atoms with Crippen molar-refractivity contribution in [1.29, 1.82) is 0 Å². The van der Waals surface area contributed by atoms with Crippen molar-refractivity contribution in [2.24, 2.45) is 5.92 Å². The molecule has 6 rings (SSSR count). The lowest BCUT2D eigenvalue weighted by Gasteiger charge is -2.28. The highest BCUT2D eigenvalue weighted by Gasteiger charge is 2.61. The van der Waals surface area contributed by atoms with Crippen LogP contribution in [0.4, 0.5) is 11.4 Å². The van der Waals surface area contributed by atoms with E-state index < -0.39 is 29.9 Å². The number of hydrogen-bond acceptors (Lipinski definition) is 6. The minimum Gasteiger partial charge on any atom is -0.273 e. The molecular weight excluding hydrogens is 557 g/mol. The number of fused-ring (bicyclic) bond motifs is 1. The summed E-state index contributed by atoms with van der Waals surface area (Å²) < 4.78 is 1.38. The number of carbonyl (C=O) groups excluding carboxylic acids is 2. The first kappa shape index (κ1) is 24.2. The number of benzene rings is 3. The third-order valence-electron chi connectivity index (χ3n) is 6.35. The Labute approximate surface area is 229 Å². The van der Waals surface area contributed by atoms with Gasteiger partial charge in [-0.25, -0.2) is 9.96 Å². The monoisotopic (exact) mass is 571 g/mol. The molecule has 37 heavy (non-hydrogen) atoms. The van der Waals surface area contributed by atoms with Crippen molar-refractivity contribution in [1.82, 2.24) is 4.57 Å². The maximum absolute atomic E-state index is 13.8. The first-order chi connectivity index (χ1) is 17.9. The van der Waals surface area contributed by atoms with Crippen LogP contribution in [0.1, 0.15) is 10.9 Å². The third-order valence-corrected chi connectivity index (χ3v) is 8.59. The topological polar surface area (TPSA) is 71.8 Å². The van der Waals surface area contributed by atoms with Crippen LogP contribution in [0.2, 0.25) is 15.2 Å². The number of nitrogens with zero attached hydrogens (tertiary/aromatic N) is 3. The van der Waals surface area contributed by atoms with E-state index in [4.69, 9.17) is 39.6 Å². The van der Waals surface area contributed by atoms with Gasteiger partial charge in [-0.05, 0) is 42.5 Å². The highest BCUT2D eigenvalue weighted by atomic mass is 35.5. The van der Waals surface area contributed by atoms with Crippen molar-refractivity contribution in [3.05, 3.63) is 109 Å². The van der Waals surface area contributed by atoms with Crippen LogP contribution in [0.25, 0.3) is 5.69 Å². The molecule has 3 aromatic carbocycles. The van der Waals surface area contributed by atoms with Gasteiger partial charge in [0.1, 0.15) is 17.1 Å². The zero-order valence-corrected chi connectivity index (χ0v) is 21.8. The van der Waals surface area contributed by atoms with E-state index in [0.717, 1.165) is 16.2 Å². The van der Waals surface area contributed by atoms with E-state index in [2.05, 4.69) is 0 Å². The van der Waals surface area contributed by atoms with Gasteiger partial charge < -0.3 is 0 Å². The highest BCUT2D eigenvalue weighted by Crippen LogP contribution is 2.50. The number of imide groups is 1. The Balaban J connectivity index is 1.49. The Bertz CT molecular complexity index is 1590. The summed E-state index contributed by atoms with van der Waals surface area (Å²) in [6, 6.07) is 21.7. The Hall–Kier alpha value is -3.14. The van der Waals surface area contributed by atoms with Gasteiger partial charge in [0.2, 0.25) is 5.91 Å². The Morgan fingerprint density at radius 1 is 0.730 bits per heavy atom. The largest absolute Gasteiger partial charge is 0.313 e. The van der Waals surface area contributed by atoms with Gasteiger partial charge in [0.05, 0.1) is 32.0 Å². The van der Waals surface area contributed by atoms with E-state index >= 15 is 0 Å². The summed E-state index contributed by atoms with van der Waals surface area (Å²) >= 11 is 19.9. The van der Waals surface area contributed by atoms with Crippen molar-refractivity contribution in [2.75, 3.05) is 9.96 Å². The number of aromatic nitrogens is 1. The molecule has 0 bridgehead atoms. The SMILES string of the molecule is O=C1[C@H]2[C@@H](ON(c3ccccc3)[C@H]2c2sc(=O)n(-c3ccccc3)c2Cl)C(=O)N1c1ccc(Cl)c(Cl)c1. The van der Waals surface area contributed by atoms with Gasteiger partial charge in [-0.3, -0.25) is 23.8 Å². The summed E-state index contributed by atoms with van der Waals surface area (Å²) in [7, 11) is 0. The van der Waals surface area contributed by atoms with E-state index in [0.29, 0.717) is 21.3 Å². The van der Waals surface area contributed by atoms with Crippen LogP contribution in [0, 0.1) is 5.92 Å². The van der Waals surface area contributed by atoms with Gasteiger partial charge in [-0.1, -0.05) is 82.5 Å². The molecule has 7 nitrogen and oxygen atoms in total. The fourth-order valence-electron chi connectivity index (χ4n) is 4.71. The van der Waals surface area contributed by atoms with Crippen molar-refractivity contribution >= 4 is 69.3 Å². The van der Waals surface area contributed by atoms with Crippen LogP contribution in [-0.2, 0) is 14.4 Å². The number of halogens is 3. The molecule has 0 unspecified atom stereocenters. The van der Waals surface area contributed by atoms with Crippen molar-refractivity contribution in [2.45, 2.75) is 12.1 Å². The number of para-hydroxylation sites is 2. The van der Waals surface area contributed by atoms with Crippen LogP contribution in [-0.4, -0.2) is 22.5 Å². The third kappa shape index (κ3) is 3.88. The molecule has 11 heteroatoms. The zero-order chi connectivity index (χ0) is 25.8. The van der Waals surface area contributed by atoms with E-state index in [-0.39, 0.29) is 20.7 Å². The molecule has 3 atom stereocenters. The number of rotatable bonds is 4. The molecule has 0 N–H and O–H groups in total. The average Bonchev–Trinajstić information content (AvgIpc) is 3.51. The summed E-state index contributed by atoms with van der Waals surface area (Å²) in [4.78, 5) is 47.7. The van der Waals surface area contributed by atoms with Gasteiger partial charge >= 0.3 is 4.87 Å². The Kier molecular flexibility index (Phi) is 6.09. The molecule has 4 aromatic rings. The zero-order valence-electron chi connectivity index (χ0n) is 18.8. The maximum atomic E-state index is 13.8. The van der Waals surface area contributed by atoms with Crippen LogP contribution >= 0.6 is 46.1 Å². The minimum atomic E-state index is -1.12. The molecule has 3 heterocycles. The molecule has 2 amide bonds. The number of amides is 2. The number of hydroxylamine groups is 1. The van der Waals surface area contributed by atoms with Gasteiger partial charge in [-0.2, -0.15) is 0 Å². The van der Waals surface area contributed by atoms with Crippen LogP contribution < -0.4 is 14.8 Å². The second kappa shape index (κ2) is 9.31. The molecule has 0 radical (unpaired) electrons. The number of carbonyl (C=O) groups is 2. The van der Waals surface area contributed by atoms with Crippen LogP contribution in [0.15, 0.2) is 83.7 Å². The second-order valence-corrected chi connectivity index (χ2v) is 10.6. The Morgan fingerprint density at radius 2 is 1.38 bits per heavy atom. The normalized spacial score (nSPS) is 21.1. The van der Waals surface area contributed by atoms with Crippen molar-refractivity contribution < 1.29 is 14.4 Å². The second-order valence-electron chi connectivity index (χ2n) is 8.46. The summed E-state index contributed by atoms with van der Waals surface area (Å²) in [6.45, 7) is 0. The van der Waals surface area contributed by atoms with E-state index in [1.165, 1.54) is 21.8 Å². The number of hydrogen-bond donors (Lipinski definition) is 0. The first-order valence-electron chi connectivity index (χ1n) is 11.2. The molecule has 0 aliphatic carbocycles. The molecule has 2 aliphatic heterocycles. The van der Waals surface area contributed by atoms with Gasteiger partial charge in [0, 0.05) is 0 Å². The molecule has 186 valence electrons. The Morgan fingerprint density at radius 3 is 2.03 bits per heavy atom. The van der Waals surface area contributed by atoms with Gasteiger partial charge in [0.15, 0.2) is 6.10 Å². The van der Waals surface area contributed by atoms with Crippen molar-refractivity contribution in [3.63, 3.8) is 0 Å². The maximum Gasteiger partial charge on any atom is 0.313 e. The van der Waals surface area contributed by atoms with Crippen LogP contribution in [0.5, 0.6) is 0 Å². The molecule has 0 spiro atoms. The lowest BCUT2D eigenvalue weighted by molar-refractivity contribution is -0.126. The number of anilines is 2. The molecule has 1 aromatic heterocycles. The molecule has 2 aliphatic rings. The summed E-state index contributed by atoms with van der Waals surface area (Å²) in [5, 5.41) is 2.17. The highest BCUT2D eigenvalue weighted by molar-refractivity contribution is 7.10. The average molecular weight is 573 g/mol. The van der Waals surface area contributed by atoms with Gasteiger partial charge in [-0.15, -0.1) is 0 Å².